The third kappa shape index (κ3) is 4.12. The summed E-state index contributed by atoms with van der Waals surface area (Å²) in [5, 5.41) is -0.970. The van der Waals surface area contributed by atoms with Crippen molar-refractivity contribution < 1.29 is 13.2 Å². The van der Waals surface area contributed by atoms with E-state index < -0.39 is 15.1 Å². The van der Waals surface area contributed by atoms with Crippen LogP contribution in [0.2, 0.25) is 0 Å². The van der Waals surface area contributed by atoms with Crippen molar-refractivity contribution in [3.05, 3.63) is 0 Å². The molecular formula is C12H22ClNO3S. The summed E-state index contributed by atoms with van der Waals surface area (Å²) in [5.41, 5.74) is 0. The van der Waals surface area contributed by atoms with Gasteiger partial charge in [-0.15, -0.1) is 11.6 Å². The molecule has 1 unspecified atom stereocenters. The fourth-order valence-corrected chi connectivity index (χ4v) is 3.06. The van der Waals surface area contributed by atoms with Crippen molar-refractivity contribution in [2.24, 2.45) is 0 Å². The van der Waals surface area contributed by atoms with E-state index in [1.807, 2.05) is 0 Å². The summed E-state index contributed by atoms with van der Waals surface area (Å²) < 4.78 is 23.0. The molecule has 0 saturated heterocycles. The van der Waals surface area contributed by atoms with Crippen LogP contribution in [-0.4, -0.2) is 49.2 Å². The SMILES string of the molecule is CC(C(=O)N(CCCl)C1CCCCC1)S(C)(=O)=O. The molecule has 1 amide bonds. The number of sulfone groups is 1. The number of rotatable bonds is 5. The van der Waals surface area contributed by atoms with Gasteiger partial charge in [0.2, 0.25) is 5.91 Å². The molecule has 1 aliphatic carbocycles. The van der Waals surface area contributed by atoms with Crippen LogP contribution >= 0.6 is 11.6 Å². The summed E-state index contributed by atoms with van der Waals surface area (Å²) in [6.45, 7) is 1.90. The maximum absolute atomic E-state index is 12.3. The Hall–Kier alpha value is -0.290. The molecule has 0 bridgehead atoms. The fraction of sp³-hybridized carbons (Fsp3) is 0.917. The molecule has 1 rings (SSSR count). The first-order valence-corrected chi connectivity index (χ1v) is 8.92. The number of halogens is 1. The first-order chi connectivity index (χ1) is 8.38. The molecule has 6 heteroatoms. The monoisotopic (exact) mass is 295 g/mol. The van der Waals surface area contributed by atoms with Crippen molar-refractivity contribution in [1.29, 1.82) is 0 Å². The van der Waals surface area contributed by atoms with Gasteiger partial charge in [-0.05, 0) is 19.8 Å². The number of alkyl halides is 1. The molecule has 4 nitrogen and oxygen atoms in total. The molecule has 0 N–H and O–H groups in total. The van der Waals surface area contributed by atoms with Crippen molar-refractivity contribution in [3.63, 3.8) is 0 Å². The lowest BCUT2D eigenvalue weighted by Gasteiger charge is -2.35. The van der Waals surface area contributed by atoms with Gasteiger partial charge in [-0.2, -0.15) is 0 Å². The third-order valence-electron chi connectivity index (χ3n) is 3.61. The lowest BCUT2D eigenvalue weighted by Crippen LogP contribution is -2.48. The maximum Gasteiger partial charge on any atom is 0.240 e. The molecule has 0 aliphatic heterocycles. The molecule has 106 valence electrons. The summed E-state index contributed by atoms with van der Waals surface area (Å²) in [4.78, 5) is 13.9. The van der Waals surface area contributed by atoms with E-state index in [0.717, 1.165) is 31.9 Å². The zero-order valence-electron chi connectivity index (χ0n) is 11.1. The highest BCUT2D eigenvalue weighted by Gasteiger charge is 2.32. The average molecular weight is 296 g/mol. The summed E-state index contributed by atoms with van der Waals surface area (Å²) in [7, 11) is -3.34. The number of amides is 1. The molecule has 0 aromatic rings. The lowest BCUT2D eigenvalue weighted by atomic mass is 9.94. The van der Waals surface area contributed by atoms with Gasteiger partial charge in [0.15, 0.2) is 9.84 Å². The Morgan fingerprint density at radius 1 is 1.33 bits per heavy atom. The van der Waals surface area contributed by atoms with Gasteiger partial charge < -0.3 is 4.90 Å². The minimum absolute atomic E-state index is 0.161. The third-order valence-corrected chi connectivity index (χ3v) is 5.27. The first kappa shape index (κ1) is 15.8. The summed E-state index contributed by atoms with van der Waals surface area (Å²) in [5.74, 6) is 0.0451. The van der Waals surface area contributed by atoms with E-state index in [4.69, 9.17) is 11.6 Å². The van der Waals surface area contributed by atoms with E-state index in [-0.39, 0.29) is 11.9 Å². The Morgan fingerprint density at radius 3 is 2.33 bits per heavy atom. The predicted octanol–water partition coefficient (Wildman–Crippen LogP) is 1.82. The van der Waals surface area contributed by atoms with E-state index in [1.54, 1.807) is 4.90 Å². The van der Waals surface area contributed by atoms with Crippen LogP contribution in [0.3, 0.4) is 0 Å². The summed E-state index contributed by atoms with van der Waals surface area (Å²) >= 11 is 5.74. The molecule has 0 radical (unpaired) electrons. The second-order valence-electron chi connectivity index (χ2n) is 4.98. The zero-order chi connectivity index (χ0) is 13.8. The smallest absolute Gasteiger partial charge is 0.240 e. The second-order valence-corrected chi connectivity index (χ2v) is 7.73. The van der Waals surface area contributed by atoms with Crippen LogP contribution in [0.1, 0.15) is 39.0 Å². The van der Waals surface area contributed by atoms with Crippen molar-refractivity contribution in [1.82, 2.24) is 4.90 Å². The lowest BCUT2D eigenvalue weighted by molar-refractivity contribution is -0.133. The van der Waals surface area contributed by atoms with E-state index >= 15 is 0 Å². The van der Waals surface area contributed by atoms with Gasteiger partial charge in [0.05, 0.1) is 0 Å². The van der Waals surface area contributed by atoms with Crippen LogP contribution in [0.15, 0.2) is 0 Å². The van der Waals surface area contributed by atoms with Crippen LogP contribution in [0.4, 0.5) is 0 Å². The van der Waals surface area contributed by atoms with Crippen molar-refractivity contribution in [2.75, 3.05) is 18.7 Å². The van der Waals surface area contributed by atoms with Crippen molar-refractivity contribution in [2.45, 2.75) is 50.3 Å². The Balaban J connectivity index is 2.80. The molecule has 0 heterocycles. The highest BCUT2D eigenvalue weighted by Crippen LogP contribution is 2.23. The molecule has 1 aliphatic rings. The standard InChI is InChI=1S/C12H22ClNO3S/c1-10(18(2,16)17)12(15)14(9-8-13)11-6-4-3-5-7-11/h10-11H,3-9H2,1-2H3. The Bertz CT molecular complexity index is 377. The summed E-state index contributed by atoms with van der Waals surface area (Å²) in [6.07, 6.45) is 6.42. The van der Waals surface area contributed by atoms with Gasteiger partial charge in [0.25, 0.3) is 0 Å². The average Bonchev–Trinajstić information content (AvgIpc) is 2.34. The highest BCUT2D eigenvalue weighted by atomic mass is 35.5. The highest BCUT2D eigenvalue weighted by molar-refractivity contribution is 7.92. The Kier molecular flexibility index (Phi) is 5.92. The van der Waals surface area contributed by atoms with Gasteiger partial charge in [-0.3, -0.25) is 4.79 Å². The van der Waals surface area contributed by atoms with E-state index in [9.17, 15) is 13.2 Å². The number of hydrogen-bond donors (Lipinski definition) is 0. The Labute approximate surface area is 115 Å². The maximum atomic E-state index is 12.3. The molecule has 0 aromatic carbocycles. The zero-order valence-corrected chi connectivity index (χ0v) is 12.6. The molecular weight excluding hydrogens is 274 g/mol. The second kappa shape index (κ2) is 6.75. The van der Waals surface area contributed by atoms with E-state index in [1.165, 1.54) is 13.3 Å². The molecule has 0 spiro atoms. The topological polar surface area (TPSA) is 54.5 Å². The molecule has 1 atom stereocenters. The van der Waals surface area contributed by atoms with Crippen LogP contribution in [0, 0.1) is 0 Å². The van der Waals surface area contributed by atoms with Crippen molar-refractivity contribution in [3.8, 4) is 0 Å². The van der Waals surface area contributed by atoms with Gasteiger partial charge in [0, 0.05) is 24.7 Å². The largest absolute Gasteiger partial charge is 0.337 e. The first-order valence-electron chi connectivity index (χ1n) is 6.43. The normalized spacial score (nSPS) is 19.5. The van der Waals surface area contributed by atoms with Crippen LogP contribution < -0.4 is 0 Å². The molecule has 1 fully saturated rings. The number of carbonyl (C=O) groups is 1. The number of carbonyl (C=O) groups excluding carboxylic acids is 1. The minimum Gasteiger partial charge on any atom is -0.337 e. The van der Waals surface area contributed by atoms with Gasteiger partial charge >= 0.3 is 0 Å². The predicted molar refractivity (Wildman–Crippen MR) is 73.6 cm³/mol. The van der Waals surface area contributed by atoms with E-state index in [2.05, 4.69) is 0 Å². The van der Waals surface area contributed by atoms with Gasteiger partial charge in [-0.1, -0.05) is 19.3 Å². The molecule has 18 heavy (non-hydrogen) atoms. The van der Waals surface area contributed by atoms with Gasteiger partial charge in [-0.25, -0.2) is 8.42 Å². The van der Waals surface area contributed by atoms with Crippen LogP contribution in [-0.2, 0) is 14.6 Å². The number of nitrogens with zero attached hydrogens (tertiary/aromatic N) is 1. The van der Waals surface area contributed by atoms with Crippen LogP contribution in [0.5, 0.6) is 0 Å². The fourth-order valence-electron chi connectivity index (χ4n) is 2.37. The van der Waals surface area contributed by atoms with Crippen molar-refractivity contribution >= 4 is 27.3 Å². The molecule has 1 saturated carbocycles. The Morgan fingerprint density at radius 2 is 1.89 bits per heavy atom. The van der Waals surface area contributed by atoms with Crippen LogP contribution in [0.25, 0.3) is 0 Å². The summed E-state index contributed by atoms with van der Waals surface area (Å²) in [6, 6.07) is 0.161. The quantitative estimate of drug-likeness (QED) is 0.727. The molecule has 0 aromatic heterocycles. The minimum atomic E-state index is -3.34. The number of hydrogen-bond acceptors (Lipinski definition) is 3. The van der Waals surface area contributed by atoms with Gasteiger partial charge in [0.1, 0.15) is 5.25 Å². The van der Waals surface area contributed by atoms with E-state index in [0.29, 0.717) is 12.4 Å².